The predicted octanol–water partition coefficient (Wildman–Crippen LogP) is -1.63. The van der Waals surface area contributed by atoms with Gasteiger partial charge in [-0.1, -0.05) is 0 Å². The summed E-state index contributed by atoms with van der Waals surface area (Å²) in [5.74, 6) is -1.17. The summed E-state index contributed by atoms with van der Waals surface area (Å²) in [6.07, 6.45) is 0. The first-order valence-corrected chi connectivity index (χ1v) is 4.36. The number of hydrogen-bond donors (Lipinski definition) is 3. The molecule has 0 aromatic rings. The number of esters is 1. The number of ether oxygens (including phenoxy) is 1. The zero-order chi connectivity index (χ0) is 11.1. The highest BCUT2D eigenvalue weighted by Crippen LogP contribution is 1.89. The summed E-state index contributed by atoms with van der Waals surface area (Å²) >= 11 is 0. The molecule has 14 heavy (non-hydrogen) atoms. The maximum atomic E-state index is 11.1. The maximum absolute atomic E-state index is 11.1. The van der Waals surface area contributed by atoms with Crippen LogP contribution >= 0.6 is 0 Å². The molecule has 0 aliphatic heterocycles. The monoisotopic (exact) mass is 204 g/mol. The van der Waals surface area contributed by atoms with Crippen LogP contribution in [-0.2, 0) is 14.3 Å². The maximum Gasteiger partial charge on any atom is 0.331 e. The Kier molecular flexibility index (Phi) is 5.82. The van der Waals surface area contributed by atoms with Crippen LogP contribution in [0.5, 0.6) is 0 Å². The summed E-state index contributed by atoms with van der Waals surface area (Å²) in [6.45, 7) is 2.81. The van der Waals surface area contributed by atoms with Gasteiger partial charge in [0.15, 0.2) is 6.04 Å². The molecule has 0 saturated carbocycles. The van der Waals surface area contributed by atoms with Gasteiger partial charge in [0.1, 0.15) is 0 Å². The van der Waals surface area contributed by atoms with Crippen LogP contribution in [0.25, 0.3) is 0 Å². The van der Waals surface area contributed by atoms with Crippen LogP contribution in [0.15, 0.2) is 0 Å². The molecule has 0 radical (unpaired) electrons. The van der Waals surface area contributed by atoms with Crippen molar-refractivity contribution >= 4 is 11.9 Å². The smallest absolute Gasteiger partial charge is 0.331 e. The summed E-state index contributed by atoms with van der Waals surface area (Å²) in [7, 11) is 0. The number of nitrogens with one attached hydrogen (secondary N) is 1. The van der Waals surface area contributed by atoms with Crippen molar-refractivity contribution in [2.45, 2.75) is 25.9 Å². The SMILES string of the molecule is CCOC(=O)[C@H](CO)NC(=O)[C@H](C)N. The minimum atomic E-state index is -1.03. The minimum absolute atomic E-state index is 0.198. The second-order valence-corrected chi connectivity index (χ2v) is 2.78. The molecular formula is C8H16N2O4. The van der Waals surface area contributed by atoms with E-state index in [-0.39, 0.29) is 6.61 Å². The molecule has 82 valence electrons. The van der Waals surface area contributed by atoms with E-state index in [0.717, 1.165) is 0 Å². The van der Waals surface area contributed by atoms with E-state index in [1.165, 1.54) is 6.92 Å². The Morgan fingerprint density at radius 3 is 2.50 bits per heavy atom. The summed E-state index contributed by atoms with van der Waals surface area (Å²) < 4.78 is 4.62. The highest BCUT2D eigenvalue weighted by molar-refractivity contribution is 5.87. The fourth-order valence-electron chi connectivity index (χ4n) is 0.725. The molecule has 1 amide bonds. The van der Waals surface area contributed by atoms with Crippen LogP contribution in [0, 0.1) is 0 Å². The highest BCUT2D eigenvalue weighted by atomic mass is 16.5. The molecule has 0 saturated heterocycles. The van der Waals surface area contributed by atoms with Crippen molar-refractivity contribution in [2.75, 3.05) is 13.2 Å². The molecule has 4 N–H and O–H groups in total. The Bertz CT molecular complexity index is 206. The second kappa shape index (κ2) is 6.33. The quantitative estimate of drug-likeness (QED) is 0.467. The van der Waals surface area contributed by atoms with E-state index in [4.69, 9.17) is 10.8 Å². The van der Waals surface area contributed by atoms with Gasteiger partial charge in [-0.3, -0.25) is 4.79 Å². The fourth-order valence-corrected chi connectivity index (χ4v) is 0.725. The largest absolute Gasteiger partial charge is 0.464 e. The number of amides is 1. The molecule has 0 aromatic carbocycles. The molecule has 0 aromatic heterocycles. The third-order valence-corrected chi connectivity index (χ3v) is 1.48. The lowest BCUT2D eigenvalue weighted by molar-refractivity contribution is -0.148. The van der Waals surface area contributed by atoms with Gasteiger partial charge in [0.25, 0.3) is 0 Å². The normalized spacial score (nSPS) is 14.3. The highest BCUT2D eigenvalue weighted by Gasteiger charge is 2.22. The molecule has 6 nitrogen and oxygen atoms in total. The molecule has 0 unspecified atom stereocenters. The Labute approximate surface area is 82.4 Å². The van der Waals surface area contributed by atoms with E-state index in [0.29, 0.717) is 0 Å². The van der Waals surface area contributed by atoms with Crippen LogP contribution in [0.2, 0.25) is 0 Å². The van der Waals surface area contributed by atoms with Gasteiger partial charge in [-0.15, -0.1) is 0 Å². The van der Waals surface area contributed by atoms with Gasteiger partial charge in [0.2, 0.25) is 5.91 Å². The first-order valence-electron chi connectivity index (χ1n) is 4.36. The molecule has 0 heterocycles. The molecule has 6 heteroatoms. The second-order valence-electron chi connectivity index (χ2n) is 2.78. The number of aliphatic hydroxyl groups excluding tert-OH is 1. The van der Waals surface area contributed by atoms with Crippen molar-refractivity contribution in [3.05, 3.63) is 0 Å². The number of hydrogen-bond acceptors (Lipinski definition) is 5. The Hall–Kier alpha value is -1.14. The molecule has 0 aliphatic rings. The van der Waals surface area contributed by atoms with Crippen molar-refractivity contribution in [1.82, 2.24) is 5.32 Å². The third kappa shape index (κ3) is 4.20. The lowest BCUT2D eigenvalue weighted by Gasteiger charge is -2.15. The van der Waals surface area contributed by atoms with Gasteiger partial charge in [-0.25, -0.2) is 4.79 Å². The zero-order valence-electron chi connectivity index (χ0n) is 8.32. The topological polar surface area (TPSA) is 102 Å². The lowest BCUT2D eigenvalue weighted by Crippen LogP contribution is -2.49. The van der Waals surface area contributed by atoms with Crippen LogP contribution in [0.1, 0.15) is 13.8 Å². The number of carbonyl (C=O) groups excluding carboxylic acids is 2. The van der Waals surface area contributed by atoms with Crippen molar-refractivity contribution in [1.29, 1.82) is 0 Å². The van der Waals surface area contributed by atoms with Crippen LogP contribution < -0.4 is 11.1 Å². The Balaban J connectivity index is 4.15. The summed E-state index contributed by atoms with van der Waals surface area (Å²) in [5, 5.41) is 11.1. The first kappa shape index (κ1) is 12.9. The van der Waals surface area contributed by atoms with E-state index < -0.39 is 30.6 Å². The molecule has 0 aliphatic carbocycles. The molecule has 0 spiro atoms. The average Bonchev–Trinajstić information content (AvgIpc) is 2.13. The van der Waals surface area contributed by atoms with Gasteiger partial charge < -0.3 is 20.9 Å². The average molecular weight is 204 g/mol. The van der Waals surface area contributed by atoms with Gasteiger partial charge in [0, 0.05) is 0 Å². The third-order valence-electron chi connectivity index (χ3n) is 1.48. The number of rotatable bonds is 5. The van der Waals surface area contributed by atoms with Gasteiger partial charge >= 0.3 is 5.97 Å². The standard InChI is InChI=1S/C8H16N2O4/c1-3-14-8(13)6(4-11)10-7(12)5(2)9/h5-6,11H,3-4,9H2,1-2H3,(H,10,12)/t5-,6-/m0/s1. The van der Waals surface area contributed by atoms with E-state index in [1.54, 1.807) is 6.92 Å². The van der Waals surface area contributed by atoms with E-state index in [2.05, 4.69) is 10.1 Å². The van der Waals surface area contributed by atoms with E-state index in [9.17, 15) is 9.59 Å². The van der Waals surface area contributed by atoms with Crippen molar-refractivity contribution < 1.29 is 19.4 Å². The lowest BCUT2D eigenvalue weighted by atomic mass is 10.2. The molecular weight excluding hydrogens is 188 g/mol. The van der Waals surface area contributed by atoms with Gasteiger partial charge in [-0.2, -0.15) is 0 Å². The van der Waals surface area contributed by atoms with E-state index >= 15 is 0 Å². The minimum Gasteiger partial charge on any atom is -0.464 e. The number of aliphatic hydroxyl groups is 1. The summed E-state index contributed by atoms with van der Waals surface area (Å²) in [5.41, 5.74) is 5.27. The summed E-state index contributed by atoms with van der Waals surface area (Å²) in [6, 6.07) is -1.76. The zero-order valence-corrected chi connectivity index (χ0v) is 8.32. The van der Waals surface area contributed by atoms with Gasteiger partial charge in [-0.05, 0) is 13.8 Å². The number of carbonyl (C=O) groups is 2. The predicted molar refractivity (Wildman–Crippen MR) is 49.3 cm³/mol. The number of nitrogens with two attached hydrogens (primary N) is 1. The molecule has 0 rings (SSSR count). The Morgan fingerprint density at radius 2 is 2.14 bits per heavy atom. The molecule has 2 atom stereocenters. The van der Waals surface area contributed by atoms with Crippen molar-refractivity contribution in [3.63, 3.8) is 0 Å². The van der Waals surface area contributed by atoms with Crippen molar-refractivity contribution in [2.24, 2.45) is 5.73 Å². The Morgan fingerprint density at radius 1 is 1.57 bits per heavy atom. The van der Waals surface area contributed by atoms with Gasteiger partial charge in [0.05, 0.1) is 19.3 Å². The van der Waals surface area contributed by atoms with Crippen LogP contribution in [0.3, 0.4) is 0 Å². The van der Waals surface area contributed by atoms with Crippen LogP contribution in [-0.4, -0.2) is 42.3 Å². The first-order chi connectivity index (χ1) is 6.52. The molecule has 0 bridgehead atoms. The molecule has 0 fully saturated rings. The van der Waals surface area contributed by atoms with Crippen molar-refractivity contribution in [3.8, 4) is 0 Å². The van der Waals surface area contributed by atoms with Crippen LogP contribution in [0.4, 0.5) is 0 Å². The fraction of sp³-hybridized carbons (Fsp3) is 0.750. The van der Waals surface area contributed by atoms with E-state index in [1.807, 2.05) is 0 Å². The summed E-state index contributed by atoms with van der Waals surface area (Å²) in [4.78, 5) is 22.2.